The smallest absolute Gasteiger partial charge is 0.311 e. The summed E-state index contributed by atoms with van der Waals surface area (Å²) in [7, 11) is -3.66. The van der Waals surface area contributed by atoms with Gasteiger partial charge in [-0.2, -0.15) is 0 Å². The normalized spacial score (nSPS) is 25.7. The lowest BCUT2D eigenvalue weighted by Gasteiger charge is -2.33. The van der Waals surface area contributed by atoms with Crippen LogP contribution in [-0.2, 0) is 24.3 Å². The van der Waals surface area contributed by atoms with Gasteiger partial charge in [0.25, 0.3) is 0 Å². The molecular formula is C17H22N2O6S. The van der Waals surface area contributed by atoms with Crippen LogP contribution in [-0.4, -0.2) is 63.1 Å². The molecule has 9 heteroatoms. The molecule has 8 nitrogen and oxygen atoms in total. The summed E-state index contributed by atoms with van der Waals surface area (Å²) in [5.74, 6) is -1.37. The van der Waals surface area contributed by atoms with Gasteiger partial charge in [0.15, 0.2) is 0 Å². The number of carboxylic acid groups (broad SMARTS) is 1. The molecule has 0 aliphatic carbocycles. The van der Waals surface area contributed by atoms with Gasteiger partial charge in [-0.05, 0) is 18.6 Å². The third kappa shape index (κ3) is 3.60. The van der Waals surface area contributed by atoms with Crippen LogP contribution >= 0.6 is 0 Å². The Labute approximate surface area is 152 Å². The van der Waals surface area contributed by atoms with Gasteiger partial charge in [-0.15, -0.1) is 0 Å². The lowest BCUT2D eigenvalue weighted by molar-refractivity contribution is -0.157. The van der Waals surface area contributed by atoms with Crippen LogP contribution in [0, 0.1) is 11.3 Å². The first-order valence-corrected chi connectivity index (χ1v) is 9.97. The van der Waals surface area contributed by atoms with E-state index in [0.29, 0.717) is 26.2 Å². The molecule has 0 aromatic heterocycles. The molecule has 3 rings (SSSR count). The van der Waals surface area contributed by atoms with Gasteiger partial charge >= 0.3 is 5.97 Å². The summed E-state index contributed by atoms with van der Waals surface area (Å²) in [5.41, 5.74) is -0.947. The zero-order valence-electron chi connectivity index (χ0n) is 14.3. The number of carboxylic acids is 1. The van der Waals surface area contributed by atoms with Gasteiger partial charge in [-0.1, -0.05) is 18.2 Å². The maximum atomic E-state index is 12.4. The number of hydrogen-bond acceptors (Lipinski definition) is 5. The Morgan fingerprint density at radius 1 is 1.31 bits per heavy atom. The molecule has 1 amide bonds. The van der Waals surface area contributed by atoms with E-state index >= 15 is 0 Å². The van der Waals surface area contributed by atoms with E-state index in [1.807, 2.05) is 0 Å². The highest BCUT2D eigenvalue weighted by Crippen LogP contribution is 2.42. The fourth-order valence-corrected chi connectivity index (χ4v) is 4.68. The highest BCUT2D eigenvalue weighted by atomic mass is 32.2. The molecule has 2 N–H and O–H groups in total. The number of benzene rings is 1. The number of rotatable bonds is 6. The predicted octanol–water partition coefficient (Wildman–Crippen LogP) is 0.305. The Balaban J connectivity index is 1.57. The summed E-state index contributed by atoms with van der Waals surface area (Å²) in [6.45, 7) is 1.16. The molecule has 0 spiro atoms. The van der Waals surface area contributed by atoms with Crippen molar-refractivity contribution in [1.29, 1.82) is 0 Å². The summed E-state index contributed by atoms with van der Waals surface area (Å²) in [4.78, 5) is 25.8. The van der Waals surface area contributed by atoms with Crippen LogP contribution in [0.4, 0.5) is 0 Å². The van der Waals surface area contributed by atoms with Crippen molar-refractivity contribution in [2.24, 2.45) is 11.3 Å². The average Bonchev–Trinajstić information content (AvgIpc) is 3.03. The number of carbonyl (C=O) groups is 2. The number of sulfonamides is 1. The minimum absolute atomic E-state index is 0.0185. The molecule has 2 aliphatic heterocycles. The number of carbonyl (C=O) groups excluding carboxylic acids is 1. The minimum Gasteiger partial charge on any atom is -0.481 e. The van der Waals surface area contributed by atoms with Crippen LogP contribution in [0.2, 0.25) is 0 Å². The van der Waals surface area contributed by atoms with Crippen LogP contribution < -0.4 is 4.72 Å². The molecule has 0 unspecified atom stereocenters. The number of nitrogens with one attached hydrogen (secondary N) is 1. The SMILES string of the molecule is O=C(CCNS(=O)(=O)c1ccccc1)N1C[C@H]2COCC[C@@]2(C(=O)O)C1. The average molecular weight is 382 g/mol. The van der Waals surface area contributed by atoms with Gasteiger partial charge in [0.2, 0.25) is 15.9 Å². The predicted molar refractivity (Wildman–Crippen MR) is 91.8 cm³/mol. The zero-order valence-corrected chi connectivity index (χ0v) is 15.1. The van der Waals surface area contributed by atoms with E-state index in [1.165, 1.54) is 17.0 Å². The van der Waals surface area contributed by atoms with Gasteiger partial charge in [-0.25, -0.2) is 13.1 Å². The molecule has 2 heterocycles. The lowest BCUT2D eigenvalue weighted by Crippen LogP contribution is -2.45. The van der Waals surface area contributed by atoms with Crippen molar-refractivity contribution >= 4 is 21.9 Å². The van der Waals surface area contributed by atoms with Crippen molar-refractivity contribution in [2.75, 3.05) is 32.8 Å². The van der Waals surface area contributed by atoms with Crippen molar-refractivity contribution in [3.63, 3.8) is 0 Å². The second kappa shape index (κ2) is 7.34. The minimum atomic E-state index is -3.66. The highest BCUT2D eigenvalue weighted by Gasteiger charge is 2.54. The van der Waals surface area contributed by atoms with Crippen molar-refractivity contribution in [2.45, 2.75) is 17.7 Å². The Morgan fingerprint density at radius 3 is 2.69 bits per heavy atom. The van der Waals surface area contributed by atoms with Crippen LogP contribution in [0.15, 0.2) is 35.2 Å². The first-order valence-electron chi connectivity index (χ1n) is 8.49. The number of ether oxygens (including phenoxy) is 1. The number of nitrogens with zero attached hydrogens (tertiary/aromatic N) is 1. The van der Waals surface area contributed by atoms with Crippen LogP contribution in [0.25, 0.3) is 0 Å². The van der Waals surface area contributed by atoms with E-state index in [4.69, 9.17) is 4.74 Å². The number of amides is 1. The Morgan fingerprint density at radius 2 is 2.04 bits per heavy atom. The van der Waals surface area contributed by atoms with Crippen molar-refractivity contribution < 1.29 is 27.9 Å². The van der Waals surface area contributed by atoms with Gasteiger partial charge in [-0.3, -0.25) is 9.59 Å². The molecule has 2 aliphatic rings. The second-order valence-electron chi connectivity index (χ2n) is 6.72. The molecule has 0 radical (unpaired) electrons. The summed E-state index contributed by atoms with van der Waals surface area (Å²) >= 11 is 0. The maximum Gasteiger partial charge on any atom is 0.311 e. The molecule has 2 fully saturated rings. The summed E-state index contributed by atoms with van der Waals surface area (Å²) in [5, 5.41) is 9.62. The van der Waals surface area contributed by atoms with E-state index in [9.17, 15) is 23.1 Å². The second-order valence-corrected chi connectivity index (χ2v) is 8.49. The van der Waals surface area contributed by atoms with Crippen LogP contribution in [0.3, 0.4) is 0 Å². The zero-order chi connectivity index (χ0) is 18.8. The van der Waals surface area contributed by atoms with Gasteiger partial charge < -0.3 is 14.7 Å². The van der Waals surface area contributed by atoms with E-state index in [-0.39, 0.29) is 36.2 Å². The molecule has 0 saturated carbocycles. The largest absolute Gasteiger partial charge is 0.481 e. The fraction of sp³-hybridized carbons (Fsp3) is 0.529. The number of aliphatic carboxylic acids is 1. The van der Waals surface area contributed by atoms with Crippen LogP contribution in [0.1, 0.15) is 12.8 Å². The monoisotopic (exact) mass is 382 g/mol. The number of hydrogen-bond donors (Lipinski definition) is 2. The van der Waals surface area contributed by atoms with Crippen LogP contribution in [0.5, 0.6) is 0 Å². The Hall–Kier alpha value is -1.97. The Kier molecular flexibility index (Phi) is 5.31. The summed E-state index contributed by atoms with van der Waals surface area (Å²) < 4.78 is 32.1. The highest BCUT2D eigenvalue weighted by molar-refractivity contribution is 7.89. The quantitative estimate of drug-likeness (QED) is 0.732. The topological polar surface area (TPSA) is 113 Å². The molecule has 2 saturated heterocycles. The molecule has 2 atom stereocenters. The third-order valence-corrected chi connectivity index (χ3v) is 6.65. The third-order valence-electron chi connectivity index (χ3n) is 5.17. The van der Waals surface area contributed by atoms with Gasteiger partial charge in [0.1, 0.15) is 0 Å². The first-order chi connectivity index (χ1) is 12.3. The molecule has 142 valence electrons. The number of fused-ring (bicyclic) bond motifs is 1. The standard InChI is InChI=1S/C17H22N2O6S/c20-15(6-8-18-26(23,24)14-4-2-1-3-5-14)19-10-13-11-25-9-7-17(13,12-19)16(21)22/h1-5,13,18H,6-12H2,(H,21,22)/t13-,17+/m0/s1. The van der Waals surface area contributed by atoms with Gasteiger partial charge in [0.05, 0.1) is 16.9 Å². The van der Waals surface area contributed by atoms with E-state index < -0.39 is 21.4 Å². The van der Waals surface area contributed by atoms with Crippen molar-refractivity contribution in [3.05, 3.63) is 30.3 Å². The molecule has 26 heavy (non-hydrogen) atoms. The fourth-order valence-electron chi connectivity index (χ4n) is 3.62. The van der Waals surface area contributed by atoms with Crippen molar-refractivity contribution in [1.82, 2.24) is 9.62 Å². The van der Waals surface area contributed by atoms with Gasteiger partial charge in [0, 0.05) is 38.6 Å². The molecule has 1 aromatic carbocycles. The maximum absolute atomic E-state index is 12.4. The van der Waals surface area contributed by atoms with E-state index in [1.54, 1.807) is 18.2 Å². The Bertz CT molecular complexity index is 782. The summed E-state index contributed by atoms with van der Waals surface area (Å²) in [6.07, 6.45) is 0.368. The lowest BCUT2D eigenvalue weighted by atomic mass is 9.74. The first kappa shape index (κ1) is 18.8. The van der Waals surface area contributed by atoms with E-state index in [2.05, 4.69) is 4.72 Å². The summed E-state index contributed by atoms with van der Waals surface area (Å²) in [6, 6.07) is 7.92. The molecule has 0 bridgehead atoms. The van der Waals surface area contributed by atoms with Crippen molar-refractivity contribution in [3.8, 4) is 0 Å². The molecule has 1 aromatic rings. The number of likely N-dealkylation sites (tertiary alicyclic amines) is 1. The molecular weight excluding hydrogens is 360 g/mol. The van der Waals surface area contributed by atoms with E-state index in [0.717, 1.165) is 0 Å².